The highest BCUT2D eigenvalue weighted by atomic mass is 16.5. The molecule has 4 N–H and O–H groups in total. The highest BCUT2D eigenvalue weighted by Crippen LogP contribution is 2.14. The highest BCUT2D eigenvalue weighted by Gasteiger charge is 2.10. The summed E-state index contributed by atoms with van der Waals surface area (Å²) in [5, 5.41) is 5.25. The number of amides is 3. The summed E-state index contributed by atoms with van der Waals surface area (Å²) in [4.78, 5) is 23.0. The Morgan fingerprint density at radius 2 is 1.90 bits per heavy atom. The Bertz CT molecular complexity index is 532. The molecule has 1 fully saturated rings. The Kier molecular flexibility index (Phi) is 4.73. The first-order valence-corrected chi connectivity index (χ1v) is 6.39. The highest BCUT2D eigenvalue weighted by molar-refractivity contribution is 6.02. The maximum absolute atomic E-state index is 11.8. The van der Waals surface area contributed by atoms with Gasteiger partial charge >= 0.3 is 6.03 Å². The molecule has 1 aromatic carbocycles. The molecule has 0 saturated carbocycles. The zero-order valence-electron chi connectivity index (χ0n) is 11.0. The molecular weight excluding hydrogens is 258 g/mol. The van der Waals surface area contributed by atoms with Gasteiger partial charge in [0, 0.05) is 6.20 Å². The Balaban J connectivity index is 1.96. The number of hydrogen-bond donors (Lipinski definition) is 3. The van der Waals surface area contributed by atoms with Crippen LogP contribution >= 0.6 is 0 Å². The lowest BCUT2D eigenvalue weighted by Gasteiger charge is -2.15. The van der Waals surface area contributed by atoms with Crippen LogP contribution in [0.4, 0.5) is 10.5 Å². The molecule has 0 aromatic heterocycles. The van der Waals surface area contributed by atoms with Crippen molar-refractivity contribution in [3.8, 4) is 0 Å². The zero-order chi connectivity index (χ0) is 14.4. The minimum Gasteiger partial charge on any atom is -0.381 e. The van der Waals surface area contributed by atoms with Crippen molar-refractivity contribution in [3.05, 3.63) is 41.6 Å². The third kappa shape index (κ3) is 3.83. The summed E-state index contributed by atoms with van der Waals surface area (Å²) >= 11 is 0. The summed E-state index contributed by atoms with van der Waals surface area (Å²) in [7, 11) is 0. The van der Waals surface area contributed by atoms with Gasteiger partial charge in [-0.2, -0.15) is 0 Å². The largest absolute Gasteiger partial charge is 0.381 e. The number of nitrogens with two attached hydrogens (primary N) is 1. The fraction of sp³-hybridized carbons (Fsp3) is 0.286. The van der Waals surface area contributed by atoms with Gasteiger partial charge in [0.15, 0.2) is 0 Å². The lowest BCUT2D eigenvalue weighted by atomic mass is 10.1. The Labute approximate surface area is 117 Å². The SMILES string of the molecule is NC(=O)c1ccccc1NC(=O)NC=C1CCOCC1. The molecule has 0 unspecified atom stereocenters. The lowest BCUT2D eigenvalue weighted by Crippen LogP contribution is -2.26. The van der Waals surface area contributed by atoms with Gasteiger partial charge in [0.05, 0.1) is 24.5 Å². The van der Waals surface area contributed by atoms with Crippen molar-refractivity contribution in [2.45, 2.75) is 12.8 Å². The molecule has 1 aromatic rings. The summed E-state index contributed by atoms with van der Waals surface area (Å²) in [5.74, 6) is -0.580. The van der Waals surface area contributed by atoms with Crippen LogP contribution in [0.2, 0.25) is 0 Å². The fourth-order valence-electron chi connectivity index (χ4n) is 1.91. The van der Waals surface area contributed by atoms with E-state index in [2.05, 4.69) is 10.6 Å². The molecule has 1 saturated heterocycles. The average molecular weight is 275 g/mol. The molecule has 20 heavy (non-hydrogen) atoms. The van der Waals surface area contributed by atoms with E-state index in [1.807, 2.05) is 0 Å². The third-order valence-corrected chi connectivity index (χ3v) is 2.98. The molecule has 0 aliphatic carbocycles. The van der Waals surface area contributed by atoms with Gasteiger partial charge in [0.1, 0.15) is 0 Å². The van der Waals surface area contributed by atoms with Crippen LogP contribution in [0.15, 0.2) is 36.0 Å². The number of primary amides is 1. The number of carbonyl (C=O) groups is 2. The molecule has 1 aliphatic heterocycles. The zero-order valence-corrected chi connectivity index (χ0v) is 11.0. The van der Waals surface area contributed by atoms with E-state index in [-0.39, 0.29) is 5.56 Å². The van der Waals surface area contributed by atoms with Crippen LogP contribution in [0.3, 0.4) is 0 Å². The summed E-state index contributed by atoms with van der Waals surface area (Å²) in [6.07, 6.45) is 3.32. The van der Waals surface area contributed by atoms with Gasteiger partial charge in [0.2, 0.25) is 0 Å². The van der Waals surface area contributed by atoms with Crippen molar-refractivity contribution in [2.24, 2.45) is 5.73 Å². The van der Waals surface area contributed by atoms with Gasteiger partial charge in [-0.3, -0.25) is 4.79 Å². The normalized spacial score (nSPS) is 14.5. The second-order valence-electron chi connectivity index (χ2n) is 4.42. The molecule has 3 amide bonds. The van der Waals surface area contributed by atoms with Crippen molar-refractivity contribution in [2.75, 3.05) is 18.5 Å². The maximum atomic E-state index is 11.8. The maximum Gasteiger partial charge on any atom is 0.323 e. The average Bonchev–Trinajstić information content (AvgIpc) is 2.46. The molecule has 0 bridgehead atoms. The molecule has 0 atom stereocenters. The van der Waals surface area contributed by atoms with Crippen LogP contribution in [0, 0.1) is 0 Å². The summed E-state index contributed by atoms with van der Waals surface area (Å²) in [6, 6.07) is 6.19. The third-order valence-electron chi connectivity index (χ3n) is 2.98. The monoisotopic (exact) mass is 275 g/mol. The van der Waals surface area contributed by atoms with Crippen LogP contribution < -0.4 is 16.4 Å². The van der Waals surface area contributed by atoms with Crippen molar-refractivity contribution in [1.29, 1.82) is 0 Å². The quantitative estimate of drug-likeness (QED) is 0.782. The van der Waals surface area contributed by atoms with Crippen LogP contribution in [0.5, 0.6) is 0 Å². The summed E-state index contributed by atoms with van der Waals surface area (Å²) < 4.78 is 5.22. The Morgan fingerprint density at radius 1 is 1.20 bits per heavy atom. The second-order valence-corrected chi connectivity index (χ2v) is 4.42. The summed E-state index contributed by atoms with van der Waals surface area (Å²) in [6.45, 7) is 1.36. The number of benzene rings is 1. The number of carbonyl (C=O) groups excluding carboxylic acids is 2. The predicted octanol–water partition coefficient (Wildman–Crippen LogP) is 1.60. The molecule has 1 aliphatic rings. The van der Waals surface area contributed by atoms with E-state index >= 15 is 0 Å². The van der Waals surface area contributed by atoms with Gasteiger partial charge in [-0.05, 0) is 30.5 Å². The van der Waals surface area contributed by atoms with Gasteiger partial charge in [-0.1, -0.05) is 12.1 Å². The van der Waals surface area contributed by atoms with Crippen molar-refractivity contribution in [3.63, 3.8) is 0 Å². The molecular formula is C14H17N3O3. The number of urea groups is 1. The molecule has 6 heteroatoms. The van der Waals surface area contributed by atoms with E-state index in [4.69, 9.17) is 10.5 Å². The summed E-state index contributed by atoms with van der Waals surface area (Å²) in [5.41, 5.74) is 7.05. The topological polar surface area (TPSA) is 93.5 Å². The first kappa shape index (κ1) is 14.1. The van der Waals surface area contributed by atoms with Crippen LogP contribution in [-0.4, -0.2) is 25.2 Å². The van der Waals surface area contributed by atoms with Crippen molar-refractivity contribution < 1.29 is 14.3 Å². The molecule has 0 spiro atoms. The number of rotatable bonds is 3. The number of anilines is 1. The number of para-hydroxylation sites is 1. The van der Waals surface area contributed by atoms with Crippen LogP contribution in [0.1, 0.15) is 23.2 Å². The van der Waals surface area contributed by atoms with Crippen LogP contribution in [-0.2, 0) is 4.74 Å². The van der Waals surface area contributed by atoms with Gasteiger partial charge in [-0.25, -0.2) is 4.79 Å². The van der Waals surface area contributed by atoms with E-state index in [1.54, 1.807) is 30.5 Å². The first-order valence-electron chi connectivity index (χ1n) is 6.39. The minimum atomic E-state index is -0.580. The van der Waals surface area contributed by atoms with Crippen molar-refractivity contribution in [1.82, 2.24) is 5.32 Å². The van der Waals surface area contributed by atoms with E-state index in [0.29, 0.717) is 18.9 Å². The van der Waals surface area contributed by atoms with Crippen molar-refractivity contribution >= 4 is 17.6 Å². The van der Waals surface area contributed by atoms with Crippen LogP contribution in [0.25, 0.3) is 0 Å². The van der Waals surface area contributed by atoms with E-state index in [0.717, 1.165) is 18.4 Å². The molecule has 0 radical (unpaired) electrons. The molecule has 1 heterocycles. The molecule has 106 valence electrons. The Morgan fingerprint density at radius 3 is 2.60 bits per heavy atom. The smallest absolute Gasteiger partial charge is 0.323 e. The van der Waals surface area contributed by atoms with E-state index in [1.165, 1.54) is 0 Å². The van der Waals surface area contributed by atoms with Gasteiger partial charge in [0.25, 0.3) is 5.91 Å². The van der Waals surface area contributed by atoms with E-state index in [9.17, 15) is 9.59 Å². The lowest BCUT2D eigenvalue weighted by molar-refractivity contribution is 0.100. The van der Waals surface area contributed by atoms with E-state index < -0.39 is 11.9 Å². The number of ether oxygens (including phenoxy) is 1. The minimum absolute atomic E-state index is 0.279. The first-order chi connectivity index (χ1) is 9.66. The molecule has 2 rings (SSSR count). The fourth-order valence-corrected chi connectivity index (χ4v) is 1.91. The standard InChI is InChI=1S/C14H17N3O3/c15-13(18)11-3-1-2-4-12(11)17-14(19)16-9-10-5-7-20-8-6-10/h1-4,9H,5-8H2,(H2,15,18)(H2,16,17,19). The Hall–Kier alpha value is -2.34. The van der Waals surface area contributed by atoms with Gasteiger partial charge < -0.3 is 21.1 Å². The number of hydrogen-bond acceptors (Lipinski definition) is 3. The second kappa shape index (κ2) is 6.72. The molecule has 6 nitrogen and oxygen atoms in total. The predicted molar refractivity (Wildman–Crippen MR) is 75.3 cm³/mol. The number of nitrogens with one attached hydrogen (secondary N) is 2. The van der Waals surface area contributed by atoms with Gasteiger partial charge in [-0.15, -0.1) is 0 Å².